The molecule has 3 aromatic carbocycles. The Morgan fingerprint density at radius 1 is 0.868 bits per heavy atom. The molecule has 5 nitrogen and oxygen atoms in total. The number of pyridine rings is 1. The molecule has 1 amide bonds. The number of alkyl halides is 3. The van der Waals surface area contributed by atoms with Crippen LogP contribution >= 0.6 is 12.4 Å². The molecule has 0 saturated carbocycles. The quantitative estimate of drug-likeness (QED) is 0.319. The Labute approximate surface area is 224 Å². The summed E-state index contributed by atoms with van der Waals surface area (Å²) in [6.07, 6.45) is -4.70. The van der Waals surface area contributed by atoms with Crippen LogP contribution in [0.25, 0.3) is 11.1 Å². The summed E-state index contributed by atoms with van der Waals surface area (Å²) in [4.78, 5) is 25.1. The fraction of sp³-hybridized carbons (Fsp3) is 0.172. The van der Waals surface area contributed by atoms with Crippen LogP contribution in [0.4, 0.5) is 18.9 Å². The summed E-state index contributed by atoms with van der Waals surface area (Å²) in [5.74, 6) is -1.12. The average Bonchev–Trinajstić information content (AvgIpc) is 2.88. The second-order valence-corrected chi connectivity index (χ2v) is 8.80. The molecule has 9 heteroatoms. The van der Waals surface area contributed by atoms with Gasteiger partial charge in [0.25, 0.3) is 0 Å². The molecule has 0 radical (unpaired) electrons. The summed E-state index contributed by atoms with van der Waals surface area (Å²) in [6.45, 7) is 1.58. The maximum Gasteiger partial charge on any atom is 0.417 e. The van der Waals surface area contributed by atoms with Crippen molar-refractivity contribution in [2.45, 2.75) is 25.1 Å². The van der Waals surface area contributed by atoms with Gasteiger partial charge in [0.1, 0.15) is 0 Å². The molecule has 0 aliphatic carbocycles. The van der Waals surface area contributed by atoms with Gasteiger partial charge < -0.3 is 15.6 Å². The molecular formula is C29H27ClF3N3O2. The van der Waals surface area contributed by atoms with Gasteiger partial charge in [-0.15, -0.1) is 12.4 Å². The van der Waals surface area contributed by atoms with E-state index in [0.717, 1.165) is 17.2 Å². The van der Waals surface area contributed by atoms with Gasteiger partial charge in [-0.2, -0.15) is 13.2 Å². The fourth-order valence-electron chi connectivity index (χ4n) is 4.41. The molecule has 4 aromatic rings. The molecule has 0 fully saturated rings. The Kier molecular flexibility index (Phi) is 8.81. The van der Waals surface area contributed by atoms with E-state index in [1.54, 1.807) is 6.92 Å². The zero-order valence-corrected chi connectivity index (χ0v) is 21.5. The van der Waals surface area contributed by atoms with Crippen LogP contribution in [0.2, 0.25) is 0 Å². The third-order valence-corrected chi connectivity index (χ3v) is 6.48. The second-order valence-electron chi connectivity index (χ2n) is 8.80. The highest BCUT2D eigenvalue weighted by Gasteiger charge is 2.35. The molecule has 1 unspecified atom stereocenters. The van der Waals surface area contributed by atoms with Gasteiger partial charge in [0.15, 0.2) is 0 Å². The summed E-state index contributed by atoms with van der Waals surface area (Å²) in [5, 5.41) is 2.57. The zero-order chi connectivity index (χ0) is 26.7. The number of carbonyl (C=O) groups is 1. The Bertz CT molecular complexity index is 1430. The van der Waals surface area contributed by atoms with Crippen molar-refractivity contribution in [2.75, 3.05) is 5.32 Å². The third kappa shape index (κ3) is 5.98. The van der Waals surface area contributed by atoms with Gasteiger partial charge in [0.05, 0.1) is 11.6 Å². The van der Waals surface area contributed by atoms with Crippen molar-refractivity contribution >= 4 is 24.0 Å². The maximum atomic E-state index is 14.1. The summed E-state index contributed by atoms with van der Waals surface area (Å²) >= 11 is 0. The lowest BCUT2D eigenvalue weighted by molar-refractivity contribution is -0.137. The monoisotopic (exact) mass is 541 g/mol. The number of benzene rings is 3. The average molecular weight is 542 g/mol. The van der Waals surface area contributed by atoms with E-state index < -0.39 is 29.6 Å². The molecule has 1 atom stereocenters. The van der Waals surface area contributed by atoms with Crippen molar-refractivity contribution in [2.24, 2.45) is 12.8 Å². The van der Waals surface area contributed by atoms with Crippen molar-refractivity contribution in [1.82, 2.24) is 4.57 Å². The van der Waals surface area contributed by atoms with Crippen LogP contribution in [-0.2, 0) is 18.0 Å². The second kappa shape index (κ2) is 11.7. The lowest BCUT2D eigenvalue weighted by atomic mass is 9.85. The molecule has 3 N–H and O–H groups in total. The number of halogens is 4. The van der Waals surface area contributed by atoms with Gasteiger partial charge in [-0.05, 0) is 41.8 Å². The number of nitrogens with one attached hydrogen (secondary N) is 1. The van der Waals surface area contributed by atoms with E-state index in [0.29, 0.717) is 5.69 Å². The van der Waals surface area contributed by atoms with Crippen molar-refractivity contribution in [3.8, 4) is 11.1 Å². The third-order valence-electron chi connectivity index (χ3n) is 6.48. The van der Waals surface area contributed by atoms with Crippen LogP contribution in [0.3, 0.4) is 0 Å². The fourth-order valence-corrected chi connectivity index (χ4v) is 4.41. The SMILES string of the molecule is Cc1c(-c2ccc(NC(=O)C(N)C(c3ccccc3)c3ccccc3)cc2C(F)(F)F)ccc(=O)n1C.Cl. The number of nitrogens with two attached hydrogens (primary N) is 1. The zero-order valence-electron chi connectivity index (χ0n) is 20.7. The van der Waals surface area contributed by atoms with E-state index in [1.165, 1.54) is 35.9 Å². The topological polar surface area (TPSA) is 77.1 Å². The highest BCUT2D eigenvalue weighted by atomic mass is 35.5. The van der Waals surface area contributed by atoms with Crippen molar-refractivity contribution in [3.05, 3.63) is 124 Å². The molecule has 1 heterocycles. The van der Waals surface area contributed by atoms with E-state index >= 15 is 0 Å². The van der Waals surface area contributed by atoms with Crippen LogP contribution in [0, 0.1) is 6.92 Å². The first kappa shape index (κ1) is 28.7. The number of aromatic nitrogens is 1. The lowest BCUT2D eigenvalue weighted by Crippen LogP contribution is -2.41. The van der Waals surface area contributed by atoms with Gasteiger partial charge in [-0.3, -0.25) is 9.59 Å². The van der Waals surface area contributed by atoms with Crippen LogP contribution in [0.1, 0.15) is 28.3 Å². The van der Waals surface area contributed by atoms with E-state index in [2.05, 4.69) is 5.32 Å². The predicted molar refractivity (Wildman–Crippen MR) is 145 cm³/mol. The number of rotatable bonds is 6. The molecule has 4 rings (SSSR count). The van der Waals surface area contributed by atoms with Crippen molar-refractivity contribution in [1.29, 1.82) is 0 Å². The normalized spacial score (nSPS) is 12.1. The van der Waals surface area contributed by atoms with E-state index in [9.17, 15) is 22.8 Å². The van der Waals surface area contributed by atoms with Crippen LogP contribution in [0.15, 0.2) is 95.8 Å². The summed E-state index contributed by atoms with van der Waals surface area (Å²) in [7, 11) is 1.50. The molecule has 0 saturated heterocycles. The Morgan fingerprint density at radius 2 is 1.39 bits per heavy atom. The summed E-state index contributed by atoms with van der Waals surface area (Å²) in [6, 6.07) is 23.6. The van der Waals surface area contributed by atoms with Crippen molar-refractivity contribution in [3.63, 3.8) is 0 Å². The highest BCUT2D eigenvalue weighted by molar-refractivity contribution is 5.96. The van der Waals surface area contributed by atoms with Crippen LogP contribution < -0.4 is 16.6 Å². The first-order valence-corrected chi connectivity index (χ1v) is 11.6. The molecule has 0 aliphatic heterocycles. The Balaban J connectivity index is 0.00000400. The van der Waals surface area contributed by atoms with E-state index in [1.807, 2.05) is 60.7 Å². The lowest BCUT2D eigenvalue weighted by Gasteiger charge is -2.25. The first-order valence-electron chi connectivity index (χ1n) is 11.6. The van der Waals surface area contributed by atoms with E-state index in [4.69, 9.17) is 5.73 Å². The first-order chi connectivity index (χ1) is 17.6. The van der Waals surface area contributed by atoms with Gasteiger partial charge in [-0.25, -0.2) is 0 Å². The van der Waals surface area contributed by atoms with Crippen LogP contribution in [0.5, 0.6) is 0 Å². The summed E-state index contributed by atoms with van der Waals surface area (Å²) < 4.78 is 43.5. The number of anilines is 1. The standard InChI is InChI=1S/C29H26F3N3O2.ClH/c1-18-22(15-16-25(36)35(18)2)23-14-13-21(17-24(23)29(30,31)32)34-28(37)27(33)26(19-9-5-3-6-10-19)20-11-7-4-8-12-20;/h3-17,26-27H,33H2,1-2H3,(H,34,37);1H. The van der Waals surface area contributed by atoms with Crippen LogP contribution in [-0.4, -0.2) is 16.5 Å². The minimum Gasteiger partial charge on any atom is -0.325 e. The molecule has 38 heavy (non-hydrogen) atoms. The Hall–Kier alpha value is -3.88. The highest BCUT2D eigenvalue weighted by Crippen LogP contribution is 2.39. The largest absolute Gasteiger partial charge is 0.417 e. The Morgan fingerprint density at radius 3 is 1.92 bits per heavy atom. The van der Waals surface area contributed by atoms with Gasteiger partial charge in [0.2, 0.25) is 11.5 Å². The van der Waals surface area contributed by atoms with Crippen molar-refractivity contribution < 1.29 is 18.0 Å². The minimum atomic E-state index is -4.70. The number of hydrogen-bond acceptors (Lipinski definition) is 3. The maximum absolute atomic E-state index is 14.1. The number of hydrogen-bond donors (Lipinski definition) is 2. The number of carbonyl (C=O) groups excluding carboxylic acids is 1. The van der Waals surface area contributed by atoms with E-state index in [-0.39, 0.29) is 34.8 Å². The molecule has 0 spiro atoms. The molecule has 0 aliphatic rings. The van der Waals surface area contributed by atoms with Gasteiger partial charge in [0, 0.05) is 36.0 Å². The molecule has 1 aromatic heterocycles. The number of nitrogens with zero attached hydrogens (tertiary/aromatic N) is 1. The minimum absolute atomic E-state index is 0. The number of amides is 1. The molecule has 0 bridgehead atoms. The summed E-state index contributed by atoms with van der Waals surface area (Å²) in [5.41, 5.74) is 7.33. The molecular weight excluding hydrogens is 515 g/mol. The predicted octanol–water partition coefficient (Wildman–Crippen LogP) is 5.90. The van der Waals surface area contributed by atoms with Gasteiger partial charge in [-0.1, -0.05) is 66.7 Å². The smallest absolute Gasteiger partial charge is 0.325 e. The van der Waals surface area contributed by atoms with Gasteiger partial charge >= 0.3 is 6.18 Å². The molecule has 198 valence electrons.